The molecule has 1 saturated carbocycles. The monoisotopic (exact) mass is 366 g/mol. The third-order valence-corrected chi connectivity index (χ3v) is 5.68. The van der Waals surface area contributed by atoms with Crippen LogP contribution >= 0.6 is 12.4 Å². The predicted molar refractivity (Wildman–Crippen MR) is 103 cm³/mol. The summed E-state index contributed by atoms with van der Waals surface area (Å²) < 4.78 is 6.02. The van der Waals surface area contributed by atoms with Gasteiger partial charge in [-0.3, -0.25) is 4.79 Å². The van der Waals surface area contributed by atoms with Crippen LogP contribution in [0.1, 0.15) is 57.1 Å². The lowest BCUT2D eigenvalue weighted by molar-refractivity contribution is -0.128. The van der Waals surface area contributed by atoms with E-state index in [1.807, 2.05) is 25.1 Å². The molecule has 1 aromatic rings. The lowest BCUT2D eigenvalue weighted by atomic mass is 9.74. The van der Waals surface area contributed by atoms with Crippen LogP contribution in [0.15, 0.2) is 30.3 Å². The van der Waals surface area contributed by atoms with E-state index in [-0.39, 0.29) is 35.9 Å². The number of ether oxygens (including phenoxy) is 1. The summed E-state index contributed by atoms with van der Waals surface area (Å²) in [5.41, 5.74) is 7.20. The second-order valence-electron chi connectivity index (χ2n) is 7.65. The summed E-state index contributed by atoms with van der Waals surface area (Å²) in [5, 5.41) is 3.18. The molecular weight excluding hydrogens is 336 g/mol. The minimum absolute atomic E-state index is 0. The van der Waals surface area contributed by atoms with Crippen molar-refractivity contribution in [3.63, 3.8) is 0 Å². The van der Waals surface area contributed by atoms with E-state index >= 15 is 0 Å². The molecule has 0 aromatic heterocycles. The number of halogens is 1. The molecule has 1 heterocycles. The molecule has 1 aromatic carbocycles. The van der Waals surface area contributed by atoms with Gasteiger partial charge in [-0.1, -0.05) is 43.2 Å². The molecule has 4 unspecified atom stereocenters. The summed E-state index contributed by atoms with van der Waals surface area (Å²) in [6.07, 6.45) is 6.29. The van der Waals surface area contributed by atoms with Crippen LogP contribution in [0.4, 0.5) is 0 Å². The lowest BCUT2D eigenvalue weighted by Gasteiger charge is -2.38. The maximum absolute atomic E-state index is 12.7. The summed E-state index contributed by atoms with van der Waals surface area (Å²) in [4.78, 5) is 12.7. The van der Waals surface area contributed by atoms with E-state index in [0.717, 1.165) is 45.1 Å². The molecule has 25 heavy (non-hydrogen) atoms. The first kappa shape index (κ1) is 20.2. The number of hydrogen-bond donors (Lipinski definition) is 2. The topological polar surface area (TPSA) is 64.4 Å². The minimum Gasteiger partial charge on any atom is -0.373 e. The molecule has 0 spiro atoms. The van der Waals surface area contributed by atoms with Crippen LogP contribution in [-0.2, 0) is 9.53 Å². The van der Waals surface area contributed by atoms with Gasteiger partial charge < -0.3 is 15.8 Å². The first-order valence-electron chi connectivity index (χ1n) is 9.31. The molecule has 1 amide bonds. The van der Waals surface area contributed by atoms with Gasteiger partial charge in [-0.25, -0.2) is 0 Å². The number of hydrogen-bond acceptors (Lipinski definition) is 3. The molecule has 5 heteroatoms. The molecule has 140 valence electrons. The van der Waals surface area contributed by atoms with Gasteiger partial charge in [0.15, 0.2) is 0 Å². The fraction of sp³-hybridized carbons (Fsp3) is 0.650. The second-order valence-corrected chi connectivity index (χ2v) is 7.65. The number of amides is 1. The Bertz CT molecular complexity index is 550. The van der Waals surface area contributed by atoms with E-state index in [4.69, 9.17) is 10.5 Å². The molecular formula is C20H31ClN2O2. The third-order valence-electron chi connectivity index (χ3n) is 5.68. The van der Waals surface area contributed by atoms with Gasteiger partial charge >= 0.3 is 0 Å². The predicted octanol–water partition coefficient (Wildman–Crippen LogP) is 3.60. The van der Waals surface area contributed by atoms with Crippen LogP contribution < -0.4 is 11.1 Å². The molecule has 1 aliphatic heterocycles. The van der Waals surface area contributed by atoms with Gasteiger partial charge in [0.25, 0.3) is 0 Å². The summed E-state index contributed by atoms with van der Waals surface area (Å²) in [6, 6.07) is 10.3. The Kier molecular flexibility index (Phi) is 7.29. The van der Waals surface area contributed by atoms with E-state index in [1.54, 1.807) is 0 Å². The zero-order valence-electron chi connectivity index (χ0n) is 15.1. The Morgan fingerprint density at radius 3 is 2.72 bits per heavy atom. The quantitative estimate of drug-likeness (QED) is 0.855. The molecule has 2 fully saturated rings. The normalized spacial score (nSPS) is 32.5. The Morgan fingerprint density at radius 2 is 2.00 bits per heavy atom. The Morgan fingerprint density at radius 1 is 1.24 bits per heavy atom. The molecule has 2 aliphatic rings. The summed E-state index contributed by atoms with van der Waals surface area (Å²) in [6.45, 7) is 3.49. The highest BCUT2D eigenvalue weighted by atomic mass is 35.5. The van der Waals surface area contributed by atoms with Gasteiger partial charge in [-0.2, -0.15) is 0 Å². The number of benzene rings is 1. The van der Waals surface area contributed by atoms with Crippen molar-refractivity contribution in [1.82, 2.24) is 5.32 Å². The van der Waals surface area contributed by atoms with Gasteiger partial charge in [0.1, 0.15) is 0 Å². The number of nitrogens with two attached hydrogens (primary N) is 1. The Balaban J connectivity index is 0.00000225. The van der Waals surface area contributed by atoms with Crippen molar-refractivity contribution in [3.05, 3.63) is 35.9 Å². The molecule has 1 saturated heterocycles. The van der Waals surface area contributed by atoms with Crippen molar-refractivity contribution < 1.29 is 9.53 Å². The molecule has 4 nitrogen and oxygen atoms in total. The fourth-order valence-electron chi connectivity index (χ4n) is 4.21. The highest BCUT2D eigenvalue weighted by molar-refractivity contribution is 5.85. The van der Waals surface area contributed by atoms with Gasteiger partial charge in [0.2, 0.25) is 5.91 Å². The van der Waals surface area contributed by atoms with Crippen molar-refractivity contribution in [2.45, 2.75) is 57.1 Å². The van der Waals surface area contributed by atoms with Crippen LogP contribution in [0.2, 0.25) is 0 Å². The SMILES string of the molecule is CC1(N)CCCCC1C(=O)NCC1CCCOC1c1ccccc1.Cl. The molecule has 1 aliphatic carbocycles. The smallest absolute Gasteiger partial charge is 0.224 e. The molecule has 4 atom stereocenters. The van der Waals surface area contributed by atoms with Crippen molar-refractivity contribution in [2.75, 3.05) is 13.2 Å². The van der Waals surface area contributed by atoms with E-state index in [9.17, 15) is 4.79 Å². The average molecular weight is 367 g/mol. The van der Waals surface area contributed by atoms with Crippen LogP contribution in [0.3, 0.4) is 0 Å². The molecule has 0 radical (unpaired) electrons. The fourth-order valence-corrected chi connectivity index (χ4v) is 4.21. The summed E-state index contributed by atoms with van der Waals surface area (Å²) in [7, 11) is 0. The zero-order valence-corrected chi connectivity index (χ0v) is 15.9. The van der Waals surface area contributed by atoms with E-state index in [0.29, 0.717) is 12.5 Å². The van der Waals surface area contributed by atoms with Gasteiger partial charge in [-0.05, 0) is 38.2 Å². The Hall–Kier alpha value is -1.10. The maximum Gasteiger partial charge on any atom is 0.224 e. The first-order valence-corrected chi connectivity index (χ1v) is 9.31. The maximum atomic E-state index is 12.7. The van der Waals surface area contributed by atoms with Crippen LogP contribution in [0, 0.1) is 11.8 Å². The van der Waals surface area contributed by atoms with Crippen LogP contribution in [0.25, 0.3) is 0 Å². The number of nitrogens with one attached hydrogen (secondary N) is 1. The van der Waals surface area contributed by atoms with Crippen molar-refractivity contribution >= 4 is 18.3 Å². The van der Waals surface area contributed by atoms with Crippen molar-refractivity contribution in [1.29, 1.82) is 0 Å². The standard InChI is InChI=1S/C20H30N2O2.ClH/c1-20(21)12-6-5-11-17(20)19(23)22-14-16-10-7-13-24-18(16)15-8-3-2-4-9-15;/h2-4,8-9,16-18H,5-7,10-14,21H2,1H3,(H,22,23);1H. The highest BCUT2D eigenvalue weighted by Crippen LogP contribution is 2.34. The summed E-state index contributed by atoms with van der Waals surface area (Å²) >= 11 is 0. The molecule has 3 rings (SSSR count). The average Bonchev–Trinajstić information content (AvgIpc) is 2.60. The second kappa shape index (κ2) is 9.02. The van der Waals surface area contributed by atoms with Crippen molar-refractivity contribution in [2.24, 2.45) is 17.6 Å². The van der Waals surface area contributed by atoms with Gasteiger partial charge in [0.05, 0.1) is 12.0 Å². The minimum atomic E-state index is -0.371. The first-order chi connectivity index (χ1) is 11.6. The number of rotatable bonds is 4. The molecule has 3 N–H and O–H groups in total. The zero-order chi connectivity index (χ0) is 17.0. The van der Waals surface area contributed by atoms with E-state index < -0.39 is 0 Å². The van der Waals surface area contributed by atoms with Gasteiger partial charge in [-0.15, -0.1) is 12.4 Å². The highest BCUT2D eigenvalue weighted by Gasteiger charge is 2.38. The molecule has 0 bridgehead atoms. The number of carbonyl (C=O) groups excluding carboxylic acids is 1. The van der Waals surface area contributed by atoms with Crippen LogP contribution in [0.5, 0.6) is 0 Å². The lowest BCUT2D eigenvalue weighted by Crippen LogP contribution is -2.53. The van der Waals surface area contributed by atoms with Gasteiger partial charge in [0, 0.05) is 24.6 Å². The summed E-state index contributed by atoms with van der Waals surface area (Å²) in [5.74, 6) is 0.390. The largest absolute Gasteiger partial charge is 0.373 e. The number of carbonyl (C=O) groups is 1. The third kappa shape index (κ3) is 4.96. The van der Waals surface area contributed by atoms with E-state index in [2.05, 4.69) is 17.4 Å². The van der Waals surface area contributed by atoms with E-state index in [1.165, 1.54) is 5.56 Å². The van der Waals surface area contributed by atoms with Crippen LogP contribution in [-0.4, -0.2) is 24.6 Å². The Labute approximate surface area is 157 Å². The van der Waals surface area contributed by atoms with Crippen molar-refractivity contribution in [3.8, 4) is 0 Å².